The average molecular weight is 444 g/mol. The Morgan fingerprint density at radius 3 is 2.61 bits per heavy atom. The van der Waals surface area contributed by atoms with Gasteiger partial charge >= 0.3 is 0 Å². The molecule has 6 nitrogen and oxygen atoms in total. The average Bonchev–Trinajstić information content (AvgIpc) is 3.63. The lowest BCUT2D eigenvalue weighted by atomic mass is 9.75. The number of anilines is 3. The molecule has 0 unspecified atom stereocenters. The lowest BCUT2D eigenvalue weighted by Gasteiger charge is -2.30. The van der Waals surface area contributed by atoms with Crippen molar-refractivity contribution in [3.63, 3.8) is 0 Å². The molecule has 0 bridgehead atoms. The summed E-state index contributed by atoms with van der Waals surface area (Å²) in [6, 6.07) is 8.23. The molecule has 3 aromatic heterocycles. The Morgan fingerprint density at radius 1 is 1.03 bits per heavy atom. The molecule has 5 rings (SSSR count). The maximum atomic E-state index is 13.2. The highest BCUT2D eigenvalue weighted by Crippen LogP contribution is 2.36. The van der Waals surface area contributed by atoms with Crippen molar-refractivity contribution in [1.29, 1.82) is 0 Å². The lowest BCUT2D eigenvalue weighted by molar-refractivity contribution is 0.0938. The van der Waals surface area contributed by atoms with Gasteiger partial charge in [0.05, 0.1) is 16.8 Å². The van der Waals surface area contributed by atoms with Crippen molar-refractivity contribution < 1.29 is 4.79 Å². The van der Waals surface area contributed by atoms with E-state index < -0.39 is 0 Å². The minimum Gasteiger partial charge on any atom is -0.382 e. The Labute approximate surface area is 195 Å². The van der Waals surface area contributed by atoms with Crippen LogP contribution in [0.5, 0.6) is 0 Å². The summed E-state index contributed by atoms with van der Waals surface area (Å²) in [6.45, 7) is 4.63. The number of Topliss-reactive ketones (excluding diaryl/α,β-unsaturated/α-hetero) is 1. The van der Waals surface area contributed by atoms with E-state index in [-0.39, 0.29) is 5.78 Å². The van der Waals surface area contributed by atoms with Crippen LogP contribution in [0.25, 0.3) is 10.9 Å². The smallest absolute Gasteiger partial charge is 0.166 e. The second-order valence-corrected chi connectivity index (χ2v) is 10.1. The molecule has 0 atom stereocenters. The third-order valence-corrected chi connectivity index (χ3v) is 7.20. The number of hydrogen-bond donors (Lipinski definition) is 2. The van der Waals surface area contributed by atoms with E-state index in [1.165, 1.54) is 12.8 Å². The molecule has 3 aromatic rings. The third-order valence-electron chi connectivity index (χ3n) is 7.20. The molecule has 2 fully saturated rings. The number of rotatable bonds is 8. The summed E-state index contributed by atoms with van der Waals surface area (Å²) >= 11 is 0. The standard InChI is InChI=1S/C27H33N5O/c1-17(2)19-5-3-18(4-6-19)13-25(33)22-16-29-27(14-24(22)30-21-8-9-21)32-26-10-7-20-15-28-12-11-23(20)31-26/h7,10-12,14-19,21H,3-6,8-9,13H2,1-2H3,(H2,29,30,31,32). The normalized spacial score (nSPS) is 20.7. The van der Waals surface area contributed by atoms with Gasteiger partial charge in [-0.2, -0.15) is 0 Å². The van der Waals surface area contributed by atoms with Crippen LogP contribution >= 0.6 is 0 Å². The van der Waals surface area contributed by atoms with Crippen molar-refractivity contribution in [3.05, 3.63) is 48.4 Å². The van der Waals surface area contributed by atoms with Crippen molar-refractivity contribution in [1.82, 2.24) is 15.0 Å². The van der Waals surface area contributed by atoms with Crippen LogP contribution in [0.2, 0.25) is 0 Å². The Morgan fingerprint density at radius 2 is 1.85 bits per heavy atom. The predicted octanol–water partition coefficient (Wildman–Crippen LogP) is 6.38. The molecule has 0 amide bonds. The van der Waals surface area contributed by atoms with Crippen molar-refractivity contribution in [2.45, 2.75) is 64.8 Å². The van der Waals surface area contributed by atoms with E-state index in [4.69, 9.17) is 0 Å². The number of ketones is 1. The molecule has 0 aliphatic heterocycles. The molecular formula is C27H33N5O. The van der Waals surface area contributed by atoms with Crippen molar-refractivity contribution in [2.75, 3.05) is 10.6 Å². The van der Waals surface area contributed by atoms with Gasteiger partial charge in [0, 0.05) is 42.5 Å². The van der Waals surface area contributed by atoms with Crippen molar-refractivity contribution in [2.24, 2.45) is 17.8 Å². The van der Waals surface area contributed by atoms with Gasteiger partial charge in [0.2, 0.25) is 0 Å². The monoisotopic (exact) mass is 443 g/mol. The molecule has 0 spiro atoms. The lowest BCUT2D eigenvalue weighted by Crippen LogP contribution is -2.21. The van der Waals surface area contributed by atoms with E-state index in [0.717, 1.165) is 65.5 Å². The largest absolute Gasteiger partial charge is 0.382 e. The second kappa shape index (κ2) is 9.46. The molecule has 0 aromatic carbocycles. The topological polar surface area (TPSA) is 79.8 Å². The Balaban J connectivity index is 1.30. The number of nitrogens with zero attached hydrogens (tertiary/aromatic N) is 3. The van der Waals surface area contributed by atoms with E-state index >= 15 is 0 Å². The van der Waals surface area contributed by atoms with Gasteiger partial charge in [0.15, 0.2) is 5.78 Å². The number of fused-ring (bicyclic) bond motifs is 1. The molecule has 0 radical (unpaired) electrons. The summed E-state index contributed by atoms with van der Waals surface area (Å²) in [6.07, 6.45) is 13.0. The van der Waals surface area contributed by atoms with E-state index in [9.17, 15) is 4.79 Å². The Hall–Kier alpha value is -3.02. The first-order valence-corrected chi connectivity index (χ1v) is 12.3. The first-order chi connectivity index (χ1) is 16.0. The van der Waals surface area contributed by atoms with Crippen LogP contribution in [0, 0.1) is 17.8 Å². The highest BCUT2D eigenvalue weighted by Gasteiger charge is 2.27. The van der Waals surface area contributed by atoms with E-state index in [1.807, 2.05) is 24.3 Å². The van der Waals surface area contributed by atoms with Crippen LogP contribution in [-0.2, 0) is 0 Å². The molecular weight excluding hydrogens is 410 g/mol. The zero-order valence-electron chi connectivity index (χ0n) is 19.6. The van der Waals surface area contributed by atoms with Crippen LogP contribution in [0.4, 0.5) is 17.3 Å². The van der Waals surface area contributed by atoms with E-state index in [2.05, 4.69) is 39.4 Å². The van der Waals surface area contributed by atoms with Gasteiger partial charge in [-0.25, -0.2) is 9.97 Å². The highest BCUT2D eigenvalue weighted by molar-refractivity contribution is 6.01. The summed E-state index contributed by atoms with van der Waals surface area (Å²) in [4.78, 5) is 26.6. The summed E-state index contributed by atoms with van der Waals surface area (Å²) in [5.41, 5.74) is 2.49. The molecule has 172 valence electrons. The molecule has 6 heteroatoms. The van der Waals surface area contributed by atoms with Crippen LogP contribution in [0.1, 0.15) is 69.2 Å². The number of pyridine rings is 3. The quantitative estimate of drug-likeness (QED) is 0.393. The number of carbonyl (C=O) groups excluding carboxylic acids is 1. The number of carbonyl (C=O) groups is 1. The zero-order chi connectivity index (χ0) is 22.8. The van der Waals surface area contributed by atoms with Crippen LogP contribution < -0.4 is 10.6 Å². The fourth-order valence-corrected chi connectivity index (χ4v) is 4.91. The Kier molecular flexibility index (Phi) is 6.25. The summed E-state index contributed by atoms with van der Waals surface area (Å²) in [5.74, 6) is 3.67. The van der Waals surface area contributed by atoms with Gasteiger partial charge in [-0.1, -0.05) is 13.8 Å². The number of hydrogen-bond acceptors (Lipinski definition) is 6. The third kappa shape index (κ3) is 5.32. The summed E-state index contributed by atoms with van der Waals surface area (Å²) in [5, 5.41) is 7.85. The molecule has 2 N–H and O–H groups in total. The highest BCUT2D eigenvalue weighted by atomic mass is 16.1. The zero-order valence-corrected chi connectivity index (χ0v) is 19.6. The van der Waals surface area contributed by atoms with Crippen molar-refractivity contribution in [3.8, 4) is 0 Å². The summed E-state index contributed by atoms with van der Waals surface area (Å²) < 4.78 is 0. The van der Waals surface area contributed by atoms with Crippen LogP contribution in [0.3, 0.4) is 0 Å². The van der Waals surface area contributed by atoms with Gasteiger partial charge in [-0.15, -0.1) is 0 Å². The van der Waals surface area contributed by atoms with E-state index in [0.29, 0.717) is 24.2 Å². The fraction of sp³-hybridized carbons (Fsp3) is 0.481. The van der Waals surface area contributed by atoms with Gasteiger partial charge in [0.25, 0.3) is 0 Å². The van der Waals surface area contributed by atoms with Gasteiger partial charge in [-0.05, 0) is 74.5 Å². The molecule has 2 aliphatic carbocycles. The van der Waals surface area contributed by atoms with Crippen LogP contribution in [0.15, 0.2) is 42.9 Å². The molecule has 2 aliphatic rings. The first kappa shape index (κ1) is 21.8. The van der Waals surface area contributed by atoms with Gasteiger partial charge < -0.3 is 10.6 Å². The van der Waals surface area contributed by atoms with E-state index in [1.54, 1.807) is 18.6 Å². The molecule has 2 saturated carbocycles. The molecule has 3 heterocycles. The number of nitrogens with one attached hydrogen (secondary N) is 2. The first-order valence-electron chi connectivity index (χ1n) is 12.3. The summed E-state index contributed by atoms with van der Waals surface area (Å²) in [7, 11) is 0. The maximum absolute atomic E-state index is 13.2. The van der Waals surface area contributed by atoms with Crippen LogP contribution in [-0.4, -0.2) is 26.8 Å². The SMILES string of the molecule is CC(C)C1CCC(CC(=O)c2cnc(Nc3ccc4cnccc4n3)cc2NC2CC2)CC1. The fourth-order valence-electron chi connectivity index (χ4n) is 4.91. The molecule has 0 saturated heterocycles. The Bertz CT molecular complexity index is 1130. The van der Waals surface area contributed by atoms with Crippen molar-refractivity contribution >= 4 is 34.0 Å². The number of aromatic nitrogens is 3. The van der Waals surface area contributed by atoms with Gasteiger partial charge in [0.1, 0.15) is 11.6 Å². The molecule has 33 heavy (non-hydrogen) atoms. The maximum Gasteiger partial charge on any atom is 0.166 e. The second-order valence-electron chi connectivity index (χ2n) is 10.1. The minimum atomic E-state index is 0.210. The predicted molar refractivity (Wildman–Crippen MR) is 133 cm³/mol. The van der Waals surface area contributed by atoms with Gasteiger partial charge in [-0.3, -0.25) is 9.78 Å². The minimum absolute atomic E-state index is 0.210.